The van der Waals surface area contributed by atoms with Crippen molar-refractivity contribution in [3.63, 3.8) is 0 Å². The van der Waals surface area contributed by atoms with Crippen molar-refractivity contribution in [2.45, 2.75) is 39.3 Å². The normalized spacial score (nSPS) is 17.7. The molecule has 1 atom stereocenters. The Morgan fingerprint density at radius 3 is 2.69 bits per heavy atom. The SMILES string of the molecule is Cc1ccsc1-c1nc(CN2CCC([C@@H](O)c3cccs3)CC2)c(C)o1. The minimum Gasteiger partial charge on any atom is -0.440 e. The van der Waals surface area contributed by atoms with E-state index in [-0.39, 0.29) is 6.10 Å². The molecule has 4 heterocycles. The fraction of sp³-hybridized carbons (Fsp3) is 0.450. The first-order chi connectivity index (χ1) is 12.6. The Morgan fingerprint density at radius 1 is 1.23 bits per heavy atom. The van der Waals surface area contributed by atoms with Crippen LogP contribution in [0.5, 0.6) is 0 Å². The Balaban J connectivity index is 1.38. The molecule has 1 saturated heterocycles. The highest BCUT2D eigenvalue weighted by Crippen LogP contribution is 2.34. The number of likely N-dealkylation sites (tertiary alicyclic amines) is 1. The maximum atomic E-state index is 10.6. The first-order valence-electron chi connectivity index (χ1n) is 9.06. The molecular weight excluding hydrogens is 364 g/mol. The van der Waals surface area contributed by atoms with E-state index in [1.54, 1.807) is 22.7 Å². The Labute approximate surface area is 162 Å². The monoisotopic (exact) mass is 388 g/mol. The summed E-state index contributed by atoms with van der Waals surface area (Å²) in [6.07, 6.45) is 1.72. The number of thiophene rings is 2. The van der Waals surface area contributed by atoms with Gasteiger partial charge in [-0.15, -0.1) is 22.7 Å². The summed E-state index contributed by atoms with van der Waals surface area (Å²) in [5.41, 5.74) is 2.25. The van der Waals surface area contributed by atoms with Crippen LogP contribution >= 0.6 is 22.7 Å². The van der Waals surface area contributed by atoms with Gasteiger partial charge in [0.05, 0.1) is 16.7 Å². The molecule has 138 valence electrons. The van der Waals surface area contributed by atoms with E-state index in [9.17, 15) is 5.11 Å². The number of piperidine rings is 1. The highest BCUT2D eigenvalue weighted by atomic mass is 32.1. The lowest BCUT2D eigenvalue weighted by atomic mass is 9.90. The molecule has 1 aliphatic rings. The third-order valence-corrected chi connectivity index (χ3v) is 7.18. The lowest BCUT2D eigenvalue weighted by Gasteiger charge is -2.33. The fourth-order valence-corrected chi connectivity index (χ4v) is 5.25. The summed E-state index contributed by atoms with van der Waals surface area (Å²) in [4.78, 5) is 9.39. The largest absolute Gasteiger partial charge is 0.440 e. The summed E-state index contributed by atoms with van der Waals surface area (Å²) in [5.74, 6) is 2.01. The lowest BCUT2D eigenvalue weighted by Crippen LogP contribution is -2.35. The van der Waals surface area contributed by atoms with Crippen molar-refractivity contribution in [2.75, 3.05) is 13.1 Å². The Hall–Kier alpha value is -1.47. The van der Waals surface area contributed by atoms with E-state index >= 15 is 0 Å². The molecule has 0 unspecified atom stereocenters. The number of aromatic nitrogens is 1. The van der Waals surface area contributed by atoms with Gasteiger partial charge in [-0.05, 0) is 74.2 Å². The van der Waals surface area contributed by atoms with Crippen LogP contribution in [0.4, 0.5) is 0 Å². The van der Waals surface area contributed by atoms with Crippen molar-refractivity contribution in [3.8, 4) is 10.8 Å². The third-order valence-electron chi connectivity index (χ3n) is 5.24. The van der Waals surface area contributed by atoms with Gasteiger partial charge in [0, 0.05) is 11.4 Å². The number of oxazole rings is 1. The van der Waals surface area contributed by atoms with Gasteiger partial charge in [0.1, 0.15) is 5.76 Å². The predicted octanol–water partition coefficient (Wildman–Crippen LogP) is 5.03. The molecule has 0 aliphatic carbocycles. The molecule has 26 heavy (non-hydrogen) atoms. The number of rotatable bonds is 5. The molecule has 6 heteroatoms. The van der Waals surface area contributed by atoms with Crippen LogP contribution in [0.1, 0.15) is 40.8 Å². The second kappa shape index (κ2) is 7.64. The fourth-order valence-electron chi connectivity index (χ4n) is 3.59. The molecule has 1 N–H and O–H groups in total. The molecule has 3 aromatic heterocycles. The zero-order valence-electron chi connectivity index (χ0n) is 15.1. The summed E-state index contributed by atoms with van der Waals surface area (Å²) < 4.78 is 5.92. The zero-order valence-corrected chi connectivity index (χ0v) is 16.8. The minimum absolute atomic E-state index is 0.320. The van der Waals surface area contributed by atoms with Gasteiger partial charge in [0.25, 0.3) is 0 Å². The second-order valence-electron chi connectivity index (χ2n) is 7.03. The van der Waals surface area contributed by atoms with E-state index in [1.165, 1.54) is 5.56 Å². The van der Waals surface area contributed by atoms with Crippen LogP contribution in [0, 0.1) is 19.8 Å². The number of hydrogen-bond donors (Lipinski definition) is 1. The van der Waals surface area contributed by atoms with Gasteiger partial charge in [0.2, 0.25) is 5.89 Å². The standard InChI is InChI=1S/C20H24N2O2S2/c1-13-7-11-26-19(13)20-21-16(14(2)24-20)12-22-8-5-15(6-9-22)18(23)17-4-3-10-25-17/h3-4,7,10-11,15,18,23H,5-6,8-9,12H2,1-2H3/t18-/m1/s1. The molecule has 0 spiro atoms. The van der Waals surface area contributed by atoms with Crippen LogP contribution in [-0.4, -0.2) is 28.1 Å². The van der Waals surface area contributed by atoms with Crippen LogP contribution in [0.3, 0.4) is 0 Å². The molecule has 4 nitrogen and oxygen atoms in total. The van der Waals surface area contributed by atoms with Gasteiger partial charge in [-0.3, -0.25) is 4.90 Å². The number of hydrogen-bond acceptors (Lipinski definition) is 6. The third kappa shape index (κ3) is 3.64. The van der Waals surface area contributed by atoms with Crippen LogP contribution in [0.15, 0.2) is 33.4 Å². The van der Waals surface area contributed by atoms with Gasteiger partial charge in [-0.1, -0.05) is 6.07 Å². The quantitative estimate of drug-likeness (QED) is 0.666. The zero-order chi connectivity index (χ0) is 18.1. The maximum absolute atomic E-state index is 10.6. The minimum atomic E-state index is -0.320. The van der Waals surface area contributed by atoms with E-state index in [2.05, 4.69) is 23.3 Å². The highest BCUT2D eigenvalue weighted by Gasteiger charge is 2.27. The van der Waals surface area contributed by atoms with E-state index in [1.807, 2.05) is 24.4 Å². The molecule has 3 aromatic rings. The summed E-state index contributed by atoms with van der Waals surface area (Å²) in [6, 6.07) is 6.15. The van der Waals surface area contributed by atoms with Crippen LogP contribution in [0.2, 0.25) is 0 Å². The topological polar surface area (TPSA) is 49.5 Å². The van der Waals surface area contributed by atoms with Crippen molar-refractivity contribution in [1.82, 2.24) is 9.88 Å². The summed E-state index contributed by atoms with van der Waals surface area (Å²) >= 11 is 3.32. The molecule has 0 saturated carbocycles. The van der Waals surface area contributed by atoms with Crippen molar-refractivity contribution in [3.05, 3.63) is 50.9 Å². The predicted molar refractivity (Wildman–Crippen MR) is 107 cm³/mol. The number of aryl methyl sites for hydroxylation is 2. The van der Waals surface area contributed by atoms with Gasteiger partial charge in [-0.25, -0.2) is 4.98 Å². The number of aliphatic hydroxyl groups excluding tert-OH is 1. The molecule has 0 amide bonds. The van der Waals surface area contributed by atoms with Gasteiger partial charge in [0.15, 0.2) is 0 Å². The molecule has 4 rings (SSSR count). The average Bonchev–Trinajstić information content (AvgIpc) is 3.37. The van der Waals surface area contributed by atoms with E-state index in [4.69, 9.17) is 9.40 Å². The summed E-state index contributed by atoms with van der Waals surface area (Å²) in [5, 5.41) is 14.7. The molecule has 1 fully saturated rings. The van der Waals surface area contributed by atoms with E-state index in [0.717, 1.165) is 59.6 Å². The first kappa shape index (κ1) is 17.9. The van der Waals surface area contributed by atoms with Crippen LogP contribution in [0.25, 0.3) is 10.8 Å². The van der Waals surface area contributed by atoms with Crippen molar-refractivity contribution in [1.29, 1.82) is 0 Å². The summed E-state index contributed by atoms with van der Waals surface area (Å²) in [7, 11) is 0. The average molecular weight is 389 g/mol. The maximum Gasteiger partial charge on any atom is 0.237 e. The summed E-state index contributed by atoms with van der Waals surface area (Å²) in [6.45, 7) is 6.90. The van der Waals surface area contributed by atoms with Crippen molar-refractivity contribution >= 4 is 22.7 Å². The Kier molecular flexibility index (Phi) is 5.27. The van der Waals surface area contributed by atoms with Gasteiger partial charge >= 0.3 is 0 Å². The van der Waals surface area contributed by atoms with Gasteiger partial charge in [-0.2, -0.15) is 0 Å². The van der Waals surface area contributed by atoms with Gasteiger partial charge < -0.3 is 9.52 Å². The lowest BCUT2D eigenvalue weighted by molar-refractivity contribution is 0.0586. The van der Waals surface area contributed by atoms with Crippen molar-refractivity contribution < 1.29 is 9.52 Å². The Morgan fingerprint density at radius 2 is 2.04 bits per heavy atom. The first-order valence-corrected chi connectivity index (χ1v) is 10.8. The number of nitrogens with zero attached hydrogens (tertiary/aromatic N) is 2. The van der Waals surface area contributed by atoms with Crippen LogP contribution < -0.4 is 0 Å². The second-order valence-corrected chi connectivity index (χ2v) is 8.92. The Bertz CT molecular complexity index is 845. The van der Waals surface area contributed by atoms with Crippen LogP contribution in [-0.2, 0) is 6.54 Å². The van der Waals surface area contributed by atoms with Crippen molar-refractivity contribution in [2.24, 2.45) is 5.92 Å². The van der Waals surface area contributed by atoms with E-state index < -0.39 is 0 Å². The molecular formula is C20H24N2O2S2. The molecule has 0 radical (unpaired) electrons. The molecule has 1 aliphatic heterocycles. The highest BCUT2D eigenvalue weighted by molar-refractivity contribution is 7.13. The molecule has 0 aromatic carbocycles. The van der Waals surface area contributed by atoms with E-state index in [0.29, 0.717) is 5.92 Å². The molecule has 0 bridgehead atoms. The smallest absolute Gasteiger partial charge is 0.237 e. The number of aliphatic hydroxyl groups is 1.